The van der Waals surface area contributed by atoms with Crippen molar-refractivity contribution in [2.45, 2.75) is 213 Å². The molecule has 45 heavy (non-hydrogen) atoms. The van der Waals surface area contributed by atoms with E-state index in [1.165, 1.54) is 167 Å². The first-order chi connectivity index (χ1) is 21.9. The van der Waals surface area contributed by atoms with E-state index in [1.54, 1.807) is 0 Å². The van der Waals surface area contributed by atoms with Gasteiger partial charge in [-0.05, 0) is 64.2 Å². The summed E-state index contributed by atoms with van der Waals surface area (Å²) in [7, 11) is 6.65. The van der Waals surface area contributed by atoms with Crippen molar-refractivity contribution in [3.63, 3.8) is 0 Å². The number of hydrogen-bond acceptors (Lipinski definition) is 2. The van der Waals surface area contributed by atoms with Gasteiger partial charge in [-0.3, -0.25) is 4.48 Å². The van der Waals surface area contributed by atoms with Crippen LogP contribution in [0.5, 0.6) is 0 Å². The van der Waals surface area contributed by atoms with Gasteiger partial charge < -0.3 is 9.47 Å². The average molecular weight is 635 g/mol. The second kappa shape index (κ2) is 33.3. The van der Waals surface area contributed by atoms with Crippen molar-refractivity contribution in [1.29, 1.82) is 0 Å². The molecule has 0 aromatic carbocycles. The van der Waals surface area contributed by atoms with Gasteiger partial charge in [0.15, 0.2) is 0 Å². The highest BCUT2D eigenvalue weighted by Gasteiger charge is 2.44. The van der Waals surface area contributed by atoms with E-state index in [0.717, 1.165) is 32.5 Å². The van der Waals surface area contributed by atoms with Crippen molar-refractivity contribution in [1.82, 2.24) is 0 Å². The number of unbranched alkanes of at least 4 members (excludes halogenated alkanes) is 24. The zero-order valence-electron chi connectivity index (χ0n) is 32.0. The molecule has 268 valence electrons. The average Bonchev–Trinajstić information content (AvgIpc) is 3.02. The van der Waals surface area contributed by atoms with Crippen LogP contribution in [0.1, 0.15) is 207 Å². The Morgan fingerprint density at radius 1 is 0.378 bits per heavy atom. The van der Waals surface area contributed by atoms with Crippen molar-refractivity contribution in [2.24, 2.45) is 0 Å². The standard InChI is InChI=1S/C42H84NO2/c1-7-10-12-14-16-18-20-22-24-26-28-30-32-34-36-38-40-44-42(9-3,43(4,5)6)45-41-39-37-35-33-31-29-27-25-23-21-19-17-15-13-11-8-2/h22-25H,7-21,26-41H2,1-6H3/q+1. The molecule has 0 saturated carbocycles. The molecule has 0 radical (unpaired) electrons. The van der Waals surface area contributed by atoms with Gasteiger partial charge in [0.1, 0.15) is 0 Å². The van der Waals surface area contributed by atoms with E-state index >= 15 is 0 Å². The highest BCUT2D eigenvalue weighted by Crippen LogP contribution is 2.27. The van der Waals surface area contributed by atoms with E-state index in [9.17, 15) is 0 Å². The van der Waals surface area contributed by atoms with E-state index in [1.807, 2.05) is 0 Å². The summed E-state index contributed by atoms with van der Waals surface area (Å²) in [5.41, 5.74) is 0. The summed E-state index contributed by atoms with van der Waals surface area (Å²) in [5, 5.41) is 0. The van der Waals surface area contributed by atoms with Crippen LogP contribution in [0.15, 0.2) is 24.3 Å². The van der Waals surface area contributed by atoms with Gasteiger partial charge >= 0.3 is 5.91 Å². The minimum absolute atomic E-state index is 0.524. The molecule has 0 aliphatic heterocycles. The molecule has 3 nitrogen and oxygen atoms in total. The third-order valence-corrected chi connectivity index (χ3v) is 9.44. The predicted octanol–water partition coefficient (Wildman–Crippen LogP) is 13.9. The lowest BCUT2D eigenvalue weighted by Gasteiger charge is -2.44. The minimum atomic E-state index is -0.524. The molecule has 0 spiro atoms. The number of quaternary nitrogens is 1. The van der Waals surface area contributed by atoms with Crippen LogP contribution in [0.2, 0.25) is 0 Å². The van der Waals surface area contributed by atoms with Crippen molar-refractivity contribution in [3.05, 3.63) is 24.3 Å². The van der Waals surface area contributed by atoms with E-state index in [-0.39, 0.29) is 0 Å². The molecule has 0 aromatic heterocycles. The van der Waals surface area contributed by atoms with Gasteiger partial charge in [0, 0.05) is 0 Å². The first kappa shape index (κ1) is 44.4. The fraction of sp³-hybridized carbons (Fsp3) is 0.905. The summed E-state index contributed by atoms with van der Waals surface area (Å²) >= 11 is 0. The fourth-order valence-electron chi connectivity index (χ4n) is 6.27. The Bertz CT molecular complexity index is 591. The van der Waals surface area contributed by atoms with Gasteiger partial charge in [-0.1, -0.05) is 161 Å². The highest BCUT2D eigenvalue weighted by atomic mass is 16.7. The highest BCUT2D eigenvalue weighted by molar-refractivity contribution is 4.82. The van der Waals surface area contributed by atoms with Gasteiger partial charge in [0.05, 0.1) is 40.8 Å². The molecule has 0 aromatic rings. The molecule has 0 aliphatic rings. The monoisotopic (exact) mass is 635 g/mol. The van der Waals surface area contributed by atoms with Crippen LogP contribution in [0, 0.1) is 0 Å². The molecular weight excluding hydrogens is 550 g/mol. The summed E-state index contributed by atoms with van der Waals surface area (Å²) < 4.78 is 13.7. The third-order valence-electron chi connectivity index (χ3n) is 9.44. The summed E-state index contributed by atoms with van der Waals surface area (Å²) in [4.78, 5) is 0. The minimum Gasteiger partial charge on any atom is -0.303 e. The number of hydrogen-bond donors (Lipinski definition) is 0. The molecule has 0 rings (SSSR count). The molecule has 0 aliphatic carbocycles. The van der Waals surface area contributed by atoms with E-state index < -0.39 is 5.91 Å². The second-order valence-corrected chi connectivity index (χ2v) is 14.7. The van der Waals surface area contributed by atoms with Crippen LogP contribution < -0.4 is 0 Å². The molecule has 0 fully saturated rings. The number of ether oxygens (including phenoxy) is 2. The third kappa shape index (κ3) is 28.1. The Morgan fingerprint density at radius 3 is 0.911 bits per heavy atom. The summed E-state index contributed by atoms with van der Waals surface area (Å²) in [5.74, 6) is -0.524. The largest absolute Gasteiger partial charge is 0.318 e. The quantitative estimate of drug-likeness (QED) is 0.0295. The maximum atomic E-state index is 6.53. The Balaban J connectivity index is 3.82. The molecule has 0 bridgehead atoms. The first-order valence-electron chi connectivity index (χ1n) is 20.3. The normalized spacial score (nSPS) is 13.8. The number of allylic oxidation sites excluding steroid dienone is 4. The topological polar surface area (TPSA) is 18.5 Å². The zero-order valence-corrected chi connectivity index (χ0v) is 32.0. The number of rotatable bonds is 36. The van der Waals surface area contributed by atoms with Gasteiger partial charge in [-0.2, -0.15) is 0 Å². The lowest BCUT2D eigenvalue weighted by molar-refractivity contribution is -0.981. The van der Waals surface area contributed by atoms with Crippen LogP contribution in [-0.2, 0) is 9.47 Å². The molecule has 0 saturated heterocycles. The van der Waals surface area contributed by atoms with Gasteiger partial charge in [0.25, 0.3) is 0 Å². The Labute approximate surface area is 285 Å². The SMILES string of the molecule is CCCCCCCCC=CCCCCCCCCOC(CC)(OCCCCCCCCC=CCCCCCCCC)[N+](C)(C)C. The van der Waals surface area contributed by atoms with E-state index in [2.05, 4.69) is 66.2 Å². The molecule has 0 atom stereocenters. The van der Waals surface area contributed by atoms with Crippen molar-refractivity contribution >= 4 is 0 Å². The molecule has 0 amide bonds. The maximum Gasteiger partial charge on any atom is 0.318 e. The molecule has 0 heterocycles. The van der Waals surface area contributed by atoms with Gasteiger partial charge in [0.2, 0.25) is 0 Å². The Morgan fingerprint density at radius 2 is 0.644 bits per heavy atom. The first-order valence-corrected chi connectivity index (χ1v) is 20.3. The van der Waals surface area contributed by atoms with Crippen LogP contribution in [-0.4, -0.2) is 44.8 Å². The van der Waals surface area contributed by atoms with Crippen LogP contribution in [0.4, 0.5) is 0 Å². The Hall–Kier alpha value is -0.640. The second-order valence-electron chi connectivity index (χ2n) is 14.7. The maximum absolute atomic E-state index is 6.53. The van der Waals surface area contributed by atoms with Crippen molar-refractivity contribution in [3.8, 4) is 0 Å². The molecule has 3 heteroatoms. The number of nitrogens with zero attached hydrogens (tertiary/aromatic N) is 1. The summed E-state index contributed by atoms with van der Waals surface area (Å²) in [6.45, 7) is 8.40. The Kier molecular flexibility index (Phi) is 32.8. The van der Waals surface area contributed by atoms with Crippen LogP contribution in [0.3, 0.4) is 0 Å². The van der Waals surface area contributed by atoms with Crippen LogP contribution in [0.25, 0.3) is 0 Å². The van der Waals surface area contributed by atoms with Gasteiger partial charge in [-0.25, -0.2) is 0 Å². The van der Waals surface area contributed by atoms with E-state index in [4.69, 9.17) is 9.47 Å². The molecule has 0 N–H and O–H groups in total. The zero-order chi connectivity index (χ0) is 33.2. The van der Waals surface area contributed by atoms with Crippen molar-refractivity contribution in [2.75, 3.05) is 34.4 Å². The lowest BCUT2D eigenvalue weighted by atomic mass is 10.1. The fourth-order valence-corrected chi connectivity index (χ4v) is 6.27. The summed E-state index contributed by atoms with van der Waals surface area (Å²) in [6, 6.07) is 0. The molecular formula is C42H84NO2+. The molecule has 0 unspecified atom stereocenters. The van der Waals surface area contributed by atoms with Gasteiger partial charge in [-0.15, -0.1) is 0 Å². The smallest absolute Gasteiger partial charge is 0.303 e. The van der Waals surface area contributed by atoms with E-state index in [0.29, 0.717) is 4.48 Å². The predicted molar refractivity (Wildman–Crippen MR) is 202 cm³/mol. The van der Waals surface area contributed by atoms with Crippen molar-refractivity contribution < 1.29 is 14.0 Å². The summed E-state index contributed by atoms with van der Waals surface area (Å²) in [6.07, 6.45) is 48.0. The van der Waals surface area contributed by atoms with Crippen LogP contribution >= 0.6 is 0 Å². The lowest BCUT2D eigenvalue weighted by Crippen LogP contribution is -2.60.